The fraction of sp³-hybridized carbons (Fsp3) is 0.316. The summed E-state index contributed by atoms with van der Waals surface area (Å²) in [6, 6.07) is -1.01. The summed E-state index contributed by atoms with van der Waals surface area (Å²) >= 11 is 2.33. The minimum absolute atomic E-state index is 0. The monoisotopic (exact) mass is 545 g/mol. The molecule has 2 amide bonds. The summed E-state index contributed by atoms with van der Waals surface area (Å²) < 4.78 is 4.91. The van der Waals surface area contributed by atoms with Crippen molar-refractivity contribution in [2.45, 2.75) is 24.9 Å². The molecular weight excluding hydrogens is 525 g/mol. The Kier molecular flexibility index (Phi) is 9.13. The molecule has 2 atom stereocenters. The Morgan fingerprint density at radius 1 is 1.42 bits per heavy atom. The molecule has 0 unspecified atom stereocenters. The van der Waals surface area contributed by atoms with Crippen molar-refractivity contribution in [2.75, 3.05) is 18.1 Å². The van der Waals surface area contributed by atoms with Gasteiger partial charge in [-0.25, -0.2) is 14.8 Å². The fourth-order valence-electron chi connectivity index (χ4n) is 3.32. The number of carboxylic acids is 1. The van der Waals surface area contributed by atoms with Crippen LogP contribution in [0.1, 0.15) is 19.7 Å². The number of anilines is 1. The molecule has 0 bridgehead atoms. The normalized spacial score (nSPS) is 19.1. The molecule has 4 rings (SSSR count). The number of fused-ring (bicyclic) bond motifs is 1. The summed E-state index contributed by atoms with van der Waals surface area (Å²) in [5.74, 6) is -3.07. The zero-order valence-electron chi connectivity index (χ0n) is 20.1. The number of nitrogens with one attached hydrogen (secondary N) is 2. The van der Waals surface area contributed by atoms with E-state index in [2.05, 4.69) is 25.4 Å². The predicted octanol–water partition coefficient (Wildman–Crippen LogP) is -3.21. The zero-order chi connectivity index (χ0) is 25.1. The Hall–Kier alpha value is -2.92. The van der Waals surface area contributed by atoms with Gasteiger partial charge in [0.05, 0.1) is 18.2 Å². The van der Waals surface area contributed by atoms with Gasteiger partial charge >= 0.3 is 41.5 Å². The summed E-state index contributed by atoms with van der Waals surface area (Å²) in [6.07, 6.45) is 2.99. The van der Waals surface area contributed by atoms with Crippen LogP contribution in [0.3, 0.4) is 0 Å². The maximum Gasteiger partial charge on any atom is 1.00 e. The van der Waals surface area contributed by atoms with Crippen LogP contribution in [-0.4, -0.2) is 78.2 Å². The van der Waals surface area contributed by atoms with Gasteiger partial charge in [-0.1, -0.05) is 5.16 Å². The fourth-order valence-corrected chi connectivity index (χ4v) is 5.20. The molecule has 0 aliphatic carbocycles. The number of ether oxygens (including phenoxy) is 1. The molecule has 1 saturated heterocycles. The van der Waals surface area contributed by atoms with E-state index < -0.39 is 35.2 Å². The van der Waals surface area contributed by atoms with E-state index in [1.807, 2.05) is 0 Å². The number of aromatic amines is 1. The molecule has 2 aromatic heterocycles. The molecule has 0 aromatic carbocycles. The van der Waals surface area contributed by atoms with Crippen LogP contribution in [0.25, 0.3) is 0 Å². The first-order valence-electron chi connectivity index (χ1n) is 9.99. The molecule has 186 valence electrons. The first-order chi connectivity index (χ1) is 16.8. The van der Waals surface area contributed by atoms with Crippen molar-refractivity contribution in [3.63, 3.8) is 0 Å². The molecule has 0 radical (unpaired) electrons. The number of rotatable bonds is 9. The number of nitrogen functional groups attached to an aromatic ring is 1. The molecule has 2 aliphatic heterocycles. The average Bonchev–Trinajstić information content (AvgIpc) is 3.49. The van der Waals surface area contributed by atoms with Crippen molar-refractivity contribution in [1.29, 1.82) is 0 Å². The van der Waals surface area contributed by atoms with Crippen LogP contribution in [0.2, 0.25) is 0 Å². The van der Waals surface area contributed by atoms with E-state index in [-0.39, 0.29) is 72.2 Å². The minimum Gasteiger partial charge on any atom is -1.00 e. The number of esters is 1. The van der Waals surface area contributed by atoms with Gasteiger partial charge in [0.25, 0.3) is 11.8 Å². The third kappa shape index (κ3) is 5.89. The van der Waals surface area contributed by atoms with Gasteiger partial charge in [0.1, 0.15) is 29.4 Å². The van der Waals surface area contributed by atoms with E-state index in [0.29, 0.717) is 11.3 Å². The molecule has 0 saturated carbocycles. The van der Waals surface area contributed by atoms with Crippen molar-refractivity contribution >= 4 is 57.7 Å². The molecule has 4 heterocycles. The summed E-state index contributed by atoms with van der Waals surface area (Å²) in [5.41, 5.74) is 6.29. The van der Waals surface area contributed by atoms with Crippen molar-refractivity contribution < 1.29 is 64.8 Å². The second-order valence-corrected chi connectivity index (χ2v) is 9.25. The van der Waals surface area contributed by atoms with Crippen molar-refractivity contribution in [1.82, 2.24) is 25.2 Å². The zero-order valence-corrected chi connectivity index (χ0v) is 22.7. The number of imidazole rings is 1. The Balaban J connectivity index is 0.00000241. The molecule has 5 N–H and O–H groups in total. The van der Waals surface area contributed by atoms with E-state index in [9.17, 15) is 24.3 Å². The number of thioether (sulfide) groups is 1. The minimum atomic E-state index is -1.33. The molecule has 17 heteroatoms. The van der Waals surface area contributed by atoms with Crippen LogP contribution in [0.15, 0.2) is 34.3 Å². The molecule has 2 aromatic rings. The van der Waals surface area contributed by atoms with Gasteiger partial charge < -0.3 is 32.1 Å². The van der Waals surface area contributed by atoms with E-state index in [0.717, 1.165) is 16.2 Å². The van der Waals surface area contributed by atoms with Gasteiger partial charge in [-0.2, -0.15) is 0 Å². The standard InChI is InChI=1S/C19H19N7O7S2.Na.H/c1-8(27)32-3-9-5-34-17-13(16(29)26(17)14(9)18(30)31)24-15(28)12(11-6-35-19(20)23-11)25-33-4-10-2-21-7-22-10;;/h2,6-7,13,17H,3-5H2,1H3,(H2,20,23)(H,21,22)(H,24,28)(H,30,31);;/q;+1;-1/b25-12-;;/t13-,17-;;/m1../s1. The van der Waals surface area contributed by atoms with Crippen molar-refractivity contribution in [2.24, 2.45) is 5.16 Å². The number of β-lactam (4-membered cyclic amide) rings is 1. The molecule has 1 fully saturated rings. The van der Waals surface area contributed by atoms with Crippen molar-refractivity contribution in [3.8, 4) is 0 Å². The van der Waals surface area contributed by atoms with E-state index >= 15 is 0 Å². The van der Waals surface area contributed by atoms with Gasteiger partial charge in [-0.3, -0.25) is 19.3 Å². The summed E-state index contributed by atoms with van der Waals surface area (Å²) in [7, 11) is 0. The van der Waals surface area contributed by atoms with Gasteiger partial charge in [-0.05, 0) is 0 Å². The number of oxime groups is 1. The van der Waals surface area contributed by atoms with Crippen LogP contribution < -0.4 is 40.6 Å². The molecule has 0 spiro atoms. The average molecular weight is 546 g/mol. The topological polar surface area (TPSA) is 202 Å². The van der Waals surface area contributed by atoms with E-state index in [4.69, 9.17) is 15.3 Å². The number of thiazole rings is 1. The molecule has 36 heavy (non-hydrogen) atoms. The summed E-state index contributed by atoms with van der Waals surface area (Å²) in [5, 5.41) is 17.2. The maximum atomic E-state index is 13.0. The smallest absolute Gasteiger partial charge is 1.00 e. The first kappa shape index (κ1) is 27.7. The molecular formula is C19H20N7NaO7S2. The van der Waals surface area contributed by atoms with Crippen LogP contribution >= 0.6 is 23.1 Å². The van der Waals surface area contributed by atoms with Gasteiger partial charge in [0, 0.05) is 23.6 Å². The number of aliphatic carboxylic acids is 1. The number of nitrogens with two attached hydrogens (primary N) is 1. The number of hydrogen-bond donors (Lipinski definition) is 4. The van der Waals surface area contributed by atoms with Gasteiger partial charge in [-0.15, -0.1) is 23.1 Å². The third-order valence-corrected chi connectivity index (χ3v) is 6.91. The quantitative estimate of drug-likeness (QED) is 0.0812. The number of carboxylic acid groups (broad SMARTS) is 1. The Labute approximate surface area is 235 Å². The summed E-state index contributed by atoms with van der Waals surface area (Å²) in [4.78, 5) is 65.9. The number of carbonyl (C=O) groups is 4. The Morgan fingerprint density at radius 3 is 2.81 bits per heavy atom. The van der Waals surface area contributed by atoms with Crippen molar-refractivity contribution in [3.05, 3.63) is 40.6 Å². The summed E-state index contributed by atoms with van der Waals surface area (Å²) in [6.45, 7) is 0.962. The second-order valence-electron chi connectivity index (χ2n) is 7.26. The second kappa shape index (κ2) is 11.9. The molecule has 14 nitrogen and oxygen atoms in total. The number of H-pyrrole nitrogens is 1. The van der Waals surface area contributed by atoms with E-state index in [1.54, 1.807) is 0 Å². The number of amides is 2. The number of hydrogen-bond acceptors (Lipinski definition) is 12. The third-order valence-electron chi connectivity index (χ3n) is 4.90. The predicted molar refractivity (Wildman–Crippen MR) is 124 cm³/mol. The van der Waals surface area contributed by atoms with Crippen LogP contribution in [0.4, 0.5) is 5.13 Å². The maximum absolute atomic E-state index is 13.0. The SMILES string of the molecule is CC(=O)OCC1=C(C(=O)O)N2C(=O)[C@@H](NC(=O)/C(=N\OCc3cnc[nH]3)c3csc(N)n3)[C@H]2SC1.[H-].[Na+]. The number of nitrogens with zero attached hydrogens (tertiary/aromatic N) is 4. The Bertz CT molecular complexity index is 1240. The van der Waals surface area contributed by atoms with Crippen LogP contribution in [0, 0.1) is 0 Å². The Morgan fingerprint density at radius 2 is 2.19 bits per heavy atom. The van der Waals surface area contributed by atoms with Gasteiger partial charge in [0.2, 0.25) is 0 Å². The van der Waals surface area contributed by atoms with E-state index in [1.165, 1.54) is 36.6 Å². The number of aromatic nitrogens is 3. The first-order valence-corrected chi connectivity index (χ1v) is 11.9. The number of carbonyl (C=O) groups excluding carboxylic acids is 3. The van der Waals surface area contributed by atoms with Crippen LogP contribution in [0.5, 0.6) is 0 Å². The van der Waals surface area contributed by atoms with Gasteiger partial charge in [0.15, 0.2) is 17.5 Å². The largest absolute Gasteiger partial charge is 1.00 e. The van der Waals surface area contributed by atoms with Crippen LogP contribution in [-0.2, 0) is 35.4 Å². The molecule has 2 aliphatic rings.